The molecule has 0 saturated carbocycles. The third-order valence-corrected chi connectivity index (χ3v) is 4.81. The maximum atomic E-state index is 6.20. The lowest BCUT2D eigenvalue weighted by atomic mass is 9.67. The highest BCUT2D eigenvalue weighted by Gasteiger charge is 2.35. The summed E-state index contributed by atoms with van der Waals surface area (Å²) >= 11 is 0. The van der Waals surface area contributed by atoms with Gasteiger partial charge in [0.25, 0.3) is 0 Å². The zero-order valence-electron chi connectivity index (χ0n) is 15.3. The highest BCUT2D eigenvalue weighted by molar-refractivity contribution is 5.60. The number of hydrogen-bond acceptors (Lipinski definition) is 2. The topological polar surface area (TPSA) is 52.0 Å². The van der Waals surface area contributed by atoms with Gasteiger partial charge in [0.1, 0.15) is 0 Å². The average molecular weight is 350 g/mol. The van der Waals surface area contributed by atoms with Crippen molar-refractivity contribution < 1.29 is 0 Å². The maximum absolute atomic E-state index is 6.20. The van der Waals surface area contributed by atoms with E-state index in [1.54, 1.807) is 0 Å². The predicted octanol–water partition coefficient (Wildman–Crippen LogP) is 3.54. The summed E-state index contributed by atoms with van der Waals surface area (Å²) in [7, 11) is 0. The van der Waals surface area contributed by atoms with Crippen LogP contribution in [0.4, 0.5) is 11.4 Å². The Morgan fingerprint density at radius 3 is 1.78 bits per heavy atom. The van der Waals surface area contributed by atoms with E-state index in [1.165, 1.54) is 0 Å². The van der Waals surface area contributed by atoms with E-state index in [-0.39, 0.29) is 0 Å². The summed E-state index contributed by atoms with van der Waals surface area (Å²) in [6.07, 6.45) is 24.3. The molecule has 0 aliphatic heterocycles. The predicted molar refractivity (Wildman–Crippen MR) is 114 cm³/mol. The van der Waals surface area contributed by atoms with Gasteiger partial charge in [-0.2, -0.15) is 0 Å². The second-order valence-electron chi connectivity index (χ2n) is 6.39. The van der Waals surface area contributed by atoms with E-state index >= 15 is 0 Å². The molecule has 0 atom stereocenters. The van der Waals surface area contributed by atoms with Crippen molar-refractivity contribution in [2.45, 2.75) is 31.1 Å². The van der Waals surface area contributed by atoms with E-state index in [0.717, 1.165) is 22.3 Å². The summed E-state index contributed by atoms with van der Waals surface area (Å²) in [4.78, 5) is 0. The normalized spacial score (nSPS) is 10.2. The molecule has 132 valence electrons. The van der Waals surface area contributed by atoms with Crippen molar-refractivity contribution in [2.75, 3.05) is 11.5 Å². The fraction of sp³-hybridized carbons (Fsp3) is 0.200. The van der Waals surface area contributed by atoms with Gasteiger partial charge in [-0.3, -0.25) is 0 Å². The van der Waals surface area contributed by atoms with E-state index in [4.69, 9.17) is 37.2 Å². The molecular weight excluding hydrogens is 328 g/mol. The molecule has 0 saturated heterocycles. The monoisotopic (exact) mass is 350 g/mol. The number of anilines is 2. The molecule has 0 bridgehead atoms. The summed E-state index contributed by atoms with van der Waals surface area (Å²) in [5, 5.41) is 0. The molecule has 0 aromatic heterocycles. The van der Waals surface area contributed by atoms with Crippen molar-refractivity contribution in [2.24, 2.45) is 0 Å². The van der Waals surface area contributed by atoms with E-state index in [0.29, 0.717) is 37.1 Å². The molecule has 4 N–H and O–H groups in total. The third kappa shape index (κ3) is 3.77. The molecular formula is C25H22N2. The minimum atomic E-state index is -0.597. The Hall–Kier alpha value is -3.72. The molecule has 0 fully saturated rings. The molecule has 0 amide bonds. The molecule has 0 spiro atoms. The largest absolute Gasteiger partial charge is 0.399 e. The van der Waals surface area contributed by atoms with Gasteiger partial charge in [0.15, 0.2) is 0 Å². The quantitative estimate of drug-likeness (QED) is 0.618. The first-order chi connectivity index (χ1) is 13.0. The second kappa shape index (κ2) is 8.59. The van der Waals surface area contributed by atoms with Crippen molar-refractivity contribution in [3.63, 3.8) is 0 Å². The Balaban J connectivity index is 2.88. The van der Waals surface area contributed by atoms with Crippen molar-refractivity contribution in [3.05, 3.63) is 58.7 Å². The summed E-state index contributed by atoms with van der Waals surface area (Å²) in [6.45, 7) is 0. The number of rotatable bonds is 6. The van der Waals surface area contributed by atoms with Crippen LogP contribution >= 0.6 is 0 Å². The number of hydrogen-bond donors (Lipinski definition) is 2. The van der Waals surface area contributed by atoms with Crippen LogP contribution in [0.15, 0.2) is 36.4 Å². The molecule has 2 rings (SSSR count). The van der Waals surface area contributed by atoms with Crippen LogP contribution in [-0.4, -0.2) is 0 Å². The van der Waals surface area contributed by atoms with E-state index in [1.807, 2.05) is 36.4 Å². The van der Waals surface area contributed by atoms with Crippen molar-refractivity contribution in [1.82, 2.24) is 0 Å². The standard InChI is InChI=1S/C25H22N2/c1-5-9-21-22(10-6-2)24(27)16-15-23(21)25(17-7-3,18-8-4)19-11-13-20(26)14-12-19/h1-4,11-16H,9-10,17-18,26-27H2. The molecule has 0 aliphatic carbocycles. The number of nitrogens with two attached hydrogens (primary N) is 2. The first kappa shape index (κ1) is 19.6. The molecule has 27 heavy (non-hydrogen) atoms. The van der Waals surface area contributed by atoms with Gasteiger partial charge in [-0.15, -0.1) is 49.4 Å². The average Bonchev–Trinajstić information content (AvgIpc) is 2.65. The van der Waals surface area contributed by atoms with E-state index < -0.39 is 5.41 Å². The van der Waals surface area contributed by atoms with E-state index in [2.05, 4.69) is 23.7 Å². The van der Waals surface area contributed by atoms with E-state index in [9.17, 15) is 0 Å². The van der Waals surface area contributed by atoms with Crippen molar-refractivity contribution in [1.29, 1.82) is 0 Å². The SMILES string of the molecule is C#CCc1c(N)ccc(C(CC#C)(CC#C)c2ccc(N)cc2)c1CC#C. The van der Waals surface area contributed by atoms with Crippen LogP contribution in [0.3, 0.4) is 0 Å². The van der Waals surface area contributed by atoms with Crippen molar-refractivity contribution in [3.8, 4) is 49.4 Å². The van der Waals surface area contributed by atoms with Gasteiger partial charge in [0.05, 0.1) is 0 Å². The van der Waals surface area contributed by atoms with Crippen LogP contribution in [0, 0.1) is 49.4 Å². The number of benzene rings is 2. The van der Waals surface area contributed by atoms with Gasteiger partial charge in [0, 0.05) is 42.5 Å². The summed E-state index contributed by atoms with van der Waals surface area (Å²) in [5.41, 5.74) is 16.5. The molecule has 2 nitrogen and oxygen atoms in total. The van der Waals surface area contributed by atoms with Crippen LogP contribution in [0.5, 0.6) is 0 Å². The molecule has 2 aromatic carbocycles. The molecule has 2 aromatic rings. The lowest BCUT2D eigenvalue weighted by Gasteiger charge is -2.35. The molecule has 0 radical (unpaired) electrons. The maximum Gasteiger partial charge on any atom is 0.0423 e. The highest BCUT2D eigenvalue weighted by Crippen LogP contribution is 2.42. The Bertz CT molecular complexity index is 967. The summed E-state index contributed by atoms with van der Waals surface area (Å²) in [5.74, 6) is 11.0. The minimum Gasteiger partial charge on any atom is -0.399 e. The van der Waals surface area contributed by atoms with Crippen LogP contribution in [0.2, 0.25) is 0 Å². The zero-order chi connectivity index (χ0) is 19.9. The first-order valence-corrected chi connectivity index (χ1v) is 8.54. The highest BCUT2D eigenvalue weighted by atomic mass is 14.6. The third-order valence-electron chi connectivity index (χ3n) is 4.81. The Morgan fingerprint density at radius 1 is 0.704 bits per heavy atom. The fourth-order valence-corrected chi connectivity index (χ4v) is 3.54. The second-order valence-corrected chi connectivity index (χ2v) is 6.39. The molecule has 2 heteroatoms. The Labute approximate surface area is 162 Å². The molecule has 0 heterocycles. The number of nitrogen functional groups attached to an aromatic ring is 2. The molecule has 0 unspecified atom stereocenters. The van der Waals surface area contributed by atoms with Crippen LogP contribution in [0.1, 0.15) is 35.1 Å². The summed E-state index contributed by atoms with van der Waals surface area (Å²) in [6, 6.07) is 11.4. The van der Waals surface area contributed by atoms with Gasteiger partial charge in [0.2, 0.25) is 0 Å². The molecule has 0 aliphatic rings. The van der Waals surface area contributed by atoms with Gasteiger partial charge < -0.3 is 11.5 Å². The van der Waals surface area contributed by atoms with Gasteiger partial charge in [-0.05, 0) is 40.5 Å². The number of terminal acetylenes is 4. The zero-order valence-corrected chi connectivity index (χ0v) is 15.3. The van der Waals surface area contributed by atoms with Crippen molar-refractivity contribution >= 4 is 11.4 Å². The Morgan fingerprint density at radius 2 is 1.26 bits per heavy atom. The van der Waals surface area contributed by atoms with Crippen LogP contribution in [-0.2, 0) is 18.3 Å². The Kier molecular flexibility index (Phi) is 6.23. The first-order valence-electron chi connectivity index (χ1n) is 8.54. The lowest BCUT2D eigenvalue weighted by molar-refractivity contribution is 0.540. The van der Waals surface area contributed by atoms with Gasteiger partial charge >= 0.3 is 0 Å². The summed E-state index contributed by atoms with van der Waals surface area (Å²) < 4.78 is 0. The smallest absolute Gasteiger partial charge is 0.0423 e. The minimum absolute atomic E-state index is 0.389. The van der Waals surface area contributed by atoms with Gasteiger partial charge in [-0.1, -0.05) is 18.2 Å². The lowest BCUT2D eigenvalue weighted by Crippen LogP contribution is -2.29. The van der Waals surface area contributed by atoms with Gasteiger partial charge in [-0.25, -0.2) is 0 Å². The fourth-order valence-electron chi connectivity index (χ4n) is 3.54. The van der Waals surface area contributed by atoms with Crippen LogP contribution < -0.4 is 11.5 Å². The van der Waals surface area contributed by atoms with Crippen LogP contribution in [0.25, 0.3) is 0 Å².